The number of anilines is 1. The van der Waals surface area contributed by atoms with Gasteiger partial charge in [-0.3, -0.25) is 14.4 Å². The Morgan fingerprint density at radius 3 is 2.26 bits per heavy atom. The maximum atomic E-state index is 15.0. The lowest BCUT2D eigenvalue weighted by molar-refractivity contribution is -0.156. The summed E-state index contributed by atoms with van der Waals surface area (Å²) in [6, 6.07) is 5.70. The van der Waals surface area contributed by atoms with Crippen molar-refractivity contribution in [2.24, 2.45) is 23.2 Å². The molecule has 3 aliphatic rings. The third-order valence-corrected chi connectivity index (χ3v) is 9.88. The first-order valence-electron chi connectivity index (χ1n) is 16.8. The number of likely N-dealkylation sites (tertiary alicyclic amines) is 1. The van der Waals surface area contributed by atoms with Crippen molar-refractivity contribution in [1.29, 1.82) is 0 Å². The van der Waals surface area contributed by atoms with E-state index in [1.54, 1.807) is 22.0 Å². The lowest BCUT2D eigenvalue weighted by Gasteiger charge is -2.46. The molecule has 9 nitrogen and oxygen atoms in total. The minimum Gasteiger partial charge on any atom is -0.494 e. The summed E-state index contributed by atoms with van der Waals surface area (Å²) in [6.07, 6.45) is 4.63. The number of rotatable bonds is 14. The zero-order chi connectivity index (χ0) is 34.2. The van der Waals surface area contributed by atoms with E-state index in [9.17, 15) is 14.7 Å². The normalized spacial score (nSPS) is 26.2. The molecule has 1 aromatic rings. The van der Waals surface area contributed by atoms with Gasteiger partial charge in [0, 0.05) is 24.3 Å². The molecule has 254 valence electrons. The Morgan fingerprint density at radius 1 is 1.11 bits per heavy atom. The highest BCUT2D eigenvalue weighted by atomic mass is 16.5. The minimum absolute atomic E-state index is 0.0733. The van der Waals surface area contributed by atoms with Gasteiger partial charge < -0.3 is 29.3 Å². The van der Waals surface area contributed by atoms with Crippen LogP contribution in [0.1, 0.15) is 74.7 Å². The Kier molecular flexibility index (Phi) is 10.5. The average molecular weight is 638 g/mol. The highest BCUT2D eigenvalue weighted by Crippen LogP contribution is 2.60. The Bertz CT molecular complexity index is 1300. The van der Waals surface area contributed by atoms with Gasteiger partial charge in [0.1, 0.15) is 17.4 Å². The van der Waals surface area contributed by atoms with E-state index in [-0.39, 0.29) is 42.2 Å². The predicted octanol–water partition coefficient (Wildman–Crippen LogP) is 5.23. The topological polar surface area (TPSA) is 99.6 Å². The number of carbonyl (C=O) groups is 3. The van der Waals surface area contributed by atoms with Gasteiger partial charge in [0.05, 0.1) is 37.2 Å². The molecule has 46 heavy (non-hydrogen) atoms. The standard InChI is InChI=1S/C37H55N3O6/c1-11-20-38(25-14-16-26(17-15-25)45-13-3)32(42)29-28-18-19-37(46-28)30(29)33(43)40(27(22-41)24(4)5)31(37)34(44)39(21-12-2)36(9,10)23-35(6,7)8/h11-12,14-17,24,27-31,41H,1-2,13,18-23H2,3-10H3/t27-,28-,29+,30-,31?,37?/m0/s1. The van der Waals surface area contributed by atoms with Crippen LogP contribution in [-0.2, 0) is 19.1 Å². The van der Waals surface area contributed by atoms with E-state index in [4.69, 9.17) is 9.47 Å². The van der Waals surface area contributed by atoms with Gasteiger partial charge in [-0.05, 0) is 75.6 Å². The molecule has 4 rings (SSSR count). The molecular weight excluding hydrogens is 582 g/mol. The summed E-state index contributed by atoms with van der Waals surface area (Å²) in [4.78, 5) is 49.4. The number of aliphatic hydroxyl groups is 1. The summed E-state index contributed by atoms with van der Waals surface area (Å²) >= 11 is 0. The van der Waals surface area contributed by atoms with Crippen LogP contribution < -0.4 is 9.64 Å². The summed E-state index contributed by atoms with van der Waals surface area (Å²) in [5.41, 5.74) is -1.16. The Balaban J connectivity index is 1.81. The second-order valence-electron chi connectivity index (χ2n) is 15.2. The molecule has 3 heterocycles. The van der Waals surface area contributed by atoms with E-state index < -0.39 is 41.2 Å². The Hall–Kier alpha value is -3.17. The highest BCUT2D eigenvalue weighted by molar-refractivity contribution is 6.03. The van der Waals surface area contributed by atoms with Crippen LogP contribution in [0.5, 0.6) is 5.75 Å². The average Bonchev–Trinajstić information content (AvgIpc) is 3.61. The fourth-order valence-electron chi connectivity index (χ4n) is 8.46. The van der Waals surface area contributed by atoms with Crippen molar-refractivity contribution in [3.63, 3.8) is 0 Å². The van der Waals surface area contributed by atoms with Crippen molar-refractivity contribution in [3.8, 4) is 5.75 Å². The van der Waals surface area contributed by atoms with Crippen molar-refractivity contribution < 1.29 is 29.0 Å². The number of fused-ring (bicyclic) bond motifs is 1. The van der Waals surface area contributed by atoms with E-state index in [0.717, 1.165) is 0 Å². The lowest BCUT2D eigenvalue weighted by atomic mass is 9.70. The number of aliphatic hydroxyl groups excluding tert-OH is 1. The van der Waals surface area contributed by atoms with Crippen LogP contribution in [0.2, 0.25) is 0 Å². The molecule has 3 fully saturated rings. The molecule has 1 spiro atoms. The van der Waals surface area contributed by atoms with Gasteiger partial charge in [-0.15, -0.1) is 13.2 Å². The molecule has 9 heteroatoms. The monoisotopic (exact) mass is 637 g/mol. The number of hydrogen-bond acceptors (Lipinski definition) is 6. The molecule has 2 bridgehead atoms. The van der Waals surface area contributed by atoms with E-state index in [1.165, 1.54) is 0 Å². The summed E-state index contributed by atoms with van der Waals surface area (Å²) in [5.74, 6) is -1.84. The lowest BCUT2D eigenvalue weighted by Crippen LogP contribution is -2.63. The summed E-state index contributed by atoms with van der Waals surface area (Å²) in [6.45, 7) is 24.9. The van der Waals surface area contributed by atoms with Gasteiger partial charge in [0.15, 0.2) is 0 Å². The molecule has 1 N–H and O–H groups in total. The van der Waals surface area contributed by atoms with Gasteiger partial charge in [0.25, 0.3) is 0 Å². The third kappa shape index (κ3) is 6.37. The molecule has 6 atom stereocenters. The van der Waals surface area contributed by atoms with Crippen LogP contribution in [0.4, 0.5) is 5.69 Å². The van der Waals surface area contributed by atoms with E-state index >= 15 is 4.79 Å². The fraction of sp³-hybridized carbons (Fsp3) is 0.649. The third-order valence-electron chi connectivity index (χ3n) is 9.88. The van der Waals surface area contributed by atoms with Crippen LogP contribution in [0.3, 0.4) is 0 Å². The van der Waals surface area contributed by atoms with Crippen molar-refractivity contribution in [1.82, 2.24) is 9.80 Å². The maximum absolute atomic E-state index is 15.0. The molecule has 3 amide bonds. The van der Waals surface area contributed by atoms with Crippen molar-refractivity contribution >= 4 is 23.4 Å². The molecule has 0 radical (unpaired) electrons. The Labute approximate surface area is 275 Å². The van der Waals surface area contributed by atoms with Gasteiger partial charge in [0.2, 0.25) is 17.7 Å². The number of amides is 3. The number of benzene rings is 1. The van der Waals surface area contributed by atoms with E-state index in [2.05, 4.69) is 33.9 Å². The van der Waals surface area contributed by atoms with Crippen LogP contribution in [0.15, 0.2) is 49.6 Å². The first-order valence-corrected chi connectivity index (χ1v) is 16.8. The Morgan fingerprint density at radius 2 is 1.74 bits per heavy atom. The number of nitrogens with zero attached hydrogens (tertiary/aromatic N) is 3. The first kappa shape index (κ1) is 35.7. The van der Waals surface area contributed by atoms with E-state index in [0.29, 0.717) is 43.9 Å². The second kappa shape index (κ2) is 13.5. The smallest absolute Gasteiger partial charge is 0.249 e. The van der Waals surface area contributed by atoms with Gasteiger partial charge in [-0.1, -0.05) is 46.8 Å². The predicted molar refractivity (Wildman–Crippen MR) is 180 cm³/mol. The van der Waals surface area contributed by atoms with Gasteiger partial charge >= 0.3 is 0 Å². The molecule has 3 saturated heterocycles. The molecular formula is C37H55N3O6. The SMILES string of the molecule is C=CCN(C(=O)[C@@H]1[C@@H]2CCC3(O2)C(C(=O)N(CC=C)C(C)(C)CC(C)(C)C)N([C@@H](CO)C(C)C)C(=O)[C@H]13)c1ccc(OCC)cc1. The molecule has 3 aliphatic heterocycles. The maximum Gasteiger partial charge on any atom is 0.249 e. The van der Waals surface area contributed by atoms with Crippen LogP contribution in [0, 0.1) is 23.2 Å². The van der Waals surface area contributed by atoms with Gasteiger partial charge in [-0.25, -0.2) is 0 Å². The van der Waals surface area contributed by atoms with Crippen LogP contribution >= 0.6 is 0 Å². The first-order chi connectivity index (χ1) is 21.6. The summed E-state index contributed by atoms with van der Waals surface area (Å²) < 4.78 is 12.4. The largest absolute Gasteiger partial charge is 0.494 e. The molecule has 1 aromatic carbocycles. The number of carbonyl (C=O) groups excluding carboxylic acids is 3. The number of ether oxygens (including phenoxy) is 2. The summed E-state index contributed by atoms with van der Waals surface area (Å²) in [5, 5.41) is 10.6. The van der Waals surface area contributed by atoms with Crippen molar-refractivity contribution in [3.05, 3.63) is 49.6 Å². The second-order valence-corrected chi connectivity index (χ2v) is 15.2. The van der Waals surface area contributed by atoms with Crippen molar-refractivity contribution in [2.75, 3.05) is 31.2 Å². The molecule has 2 unspecified atom stereocenters. The quantitative estimate of drug-likeness (QED) is 0.281. The highest BCUT2D eigenvalue weighted by Gasteiger charge is 2.76. The fourth-order valence-corrected chi connectivity index (χ4v) is 8.46. The van der Waals surface area contributed by atoms with E-state index in [1.807, 2.05) is 63.8 Å². The zero-order valence-electron chi connectivity index (χ0n) is 29.1. The molecule has 0 saturated carbocycles. The summed E-state index contributed by atoms with van der Waals surface area (Å²) in [7, 11) is 0. The van der Waals surface area contributed by atoms with Crippen molar-refractivity contribution in [2.45, 2.75) is 104 Å². The van der Waals surface area contributed by atoms with Gasteiger partial charge in [-0.2, -0.15) is 0 Å². The molecule has 0 aromatic heterocycles. The van der Waals surface area contributed by atoms with Crippen LogP contribution in [0.25, 0.3) is 0 Å². The molecule has 0 aliphatic carbocycles. The zero-order valence-corrected chi connectivity index (χ0v) is 29.1. The van der Waals surface area contributed by atoms with Crippen LogP contribution in [-0.4, -0.2) is 88.3 Å². The minimum atomic E-state index is -1.18. The number of hydrogen-bond donors (Lipinski definition) is 1.